The molecule has 0 bridgehead atoms. The molecule has 1 aliphatic heterocycles. The largest absolute Gasteiger partial charge is 0.494 e. The van der Waals surface area contributed by atoms with Gasteiger partial charge in [0.2, 0.25) is 0 Å². The molecule has 1 fully saturated rings. The third kappa shape index (κ3) is 3.92. The molecule has 1 aliphatic rings. The first-order chi connectivity index (χ1) is 11.7. The number of benzene rings is 2. The molecule has 4 nitrogen and oxygen atoms in total. The molecule has 1 heterocycles. The highest BCUT2D eigenvalue weighted by molar-refractivity contribution is 5.94. The summed E-state index contributed by atoms with van der Waals surface area (Å²) in [6.07, 6.45) is 0.0294. The van der Waals surface area contributed by atoms with Crippen LogP contribution >= 0.6 is 0 Å². The van der Waals surface area contributed by atoms with Crippen LogP contribution in [0.3, 0.4) is 0 Å². The highest BCUT2D eigenvalue weighted by atomic mass is 19.1. The van der Waals surface area contributed by atoms with Crippen LogP contribution in [0.25, 0.3) is 0 Å². The molecule has 5 heteroatoms. The standard InChI is InChI=1S/C19H20FNO3/c1-2-23-17-9-5-15(6-10-17)19(22)21-11-18(12-21)24-13-14-3-7-16(20)8-4-14/h3-10,18H,2,11-13H2,1H3. The van der Waals surface area contributed by atoms with Crippen molar-refractivity contribution in [3.8, 4) is 5.75 Å². The Balaban J connectivity index is 1.45. The number of hydrogen-bond acceptors (Lipinski definition) is 3. The van der Waals surface area contributed by atoms with Crippen molar-refractivity contribution in [2.24, 2.45) is 0 Å². The van der Waals surface area contributed by atoms with Crippen molar-refractivity contribution in [3.63, 3.8) is 0 Å². The molecule has 0 aromatic heterocycles. The van der Waals surface area contributed by atoms with E-state index in [1.807, 2.05) is 6.92 Å². The number of hydrogen-bond donors (Lipinski definition) is 0. The number of carbonyl (C=O) groups excluding carboxylic acids is 1. The normalized spacial score (nSPS) is 14.3. The summed E-state index contributed by atoms with van der Waals surface area (Å²) >= 11 is 0. The zero-order valence-electron chi connectivity index (χ0n) is 13.6. The van der Waals surface area contributed by atoms with Gasteiger partial charge in [-0.25, -0.2) is 4.39 Å². The van der Waals surface area contributed by atoms with Gasteiger partial charge in [-0.3, -0.25) is 4.79 Å². The Morgan fingerprint density at radius 3 is 2.42 bits per heavy atom. The van der Waals surface area contributed by atoms with Gasteiger partial charge in [0, 0.05) is 18.7 Å². The van der Waals surface area contributed by atoms with E-state index in [0.717, 1.165) is 11.3 Å². The topological polar surface area (TPSA) is 38.8 Å². The summed E-state index contributed by atoms with van der Waals surface area (Å²) in [6, 6.07) is 13.4. The van der Waals surface area contributed by atoms with E-state index in [2.05, 4.69) is 0 Å². The number of amides is 1. The first-order valence-corrected chi connectivity index (χ1v) is 8.04. The molecule has 0 unspecified atom stereocenters. The Morgan fingerprint density at radius 2 is 1.79 bits per heavy atom. The van der Waals surface area contributed by atoms with Crippen LogP contribution in [0, 0.1) is 5.82 Å². The minimum atomic E-state index is -0.255. The number of likely N-dealkylation sites (tertiary alicyclic amines) is 1. The van der Waals surface area contributed by atoms with Crippen LogP contribution < -0.4 is 4.74 Å². The lowest BCUT2D eigenvalue weighted by Gasteiger charge is -2.39. The highest BCUT2D eigenvalue weighted by Crippen LogP contribution is 2.19. The van der Waals surface area contributed by atoms with Gasteiger partial charge in [-0.05, 0) is 48.9 Å². The third-order valence-electron chi connectivity index (χ3n) is 3.95. The summed E-state index contributed by atoms with van der Waals surface area (Å²) in [7, 11) is 0. The lowest BCUT2D eigenvalue weighted by molar-refractivity contribution is -0.0503. The maximum atomic E-state index is 12.8. The molecule has 0 N–H and O–H groups in total. The van der Waals surface area contributed by atoms with E-state index < -0.39 is 0 Å². The van der Waals surface area contributed by atoms with E-state index in [9.17, 15) is 9.18 Å². The van der Waals surface area contributed by atoms with Crippen LogP contribution in [0.15, 0.2) is 48.5 Å². The van der Waals surface area contributed by atoms with Crippen LogP contribution in [-0.2, 0) is 11.3 Å². The fraction of sp³-hybridized carbons (Fsp3) is 0.316. The van der Waals surface area contributed by atoms with Gasteiger partial charge in [0.15, 0.2) is 0 Å². The first-order valence-electron chi connectivity index (χ1n) is 8.04. The van der Waals surface area contributed by atoms with Crippen molar-refractivity contribution < 1.29 is 18.7 Å². The number of carbonyl (C=O) groups is 1. The Labute approximate surface area is 140 Å². The smallest absolute Gasteiger partial charge is 0.254 e. The van der Waals surface area contributed by atoms with Crippen LogP contribution in [0.5, 0.6) is 5.75 Å². The minimum absolute atomic E-state index is 0.000296. The maximum absolute atomic E-state index is 12.8. The van der Waals surface area contributed by atoms with Gasteiger partial charge in [-0.2, -0.15) is 0 Å². The minimum Gasteiger partial charge on any atom is -0.494 e. The Morgan fingerprint density at radius 1 is 1.12 bits per heavy atom. The Hall–Kier alpha value is -2.40. The Bertz CT molecular complexity index is 679. The fourth-order valence-electron chi connectivity index (χ4n) is 2.55. The second-order valence-corrected chi connectivity index (χ2v) is 5.73. The van der Waals surface area contributed by atoms with E-state index in [-0.39, 0.29) is 17.8 Å². The summed E-state index contributed by atoms with van der Waals surface area (Å²) in [5, 5.41) is 0. The molecule has 2 aromatic rings. The predicted octanol–water partition coefficient (Wildman–Crippen LogP) is 3.27. The molecule has 1 amide bonds. The van der Waals surface area contributed by atoms with Crippen LogP contribution in [0.2, 0.25) is 0 Å². The van der Waals surface area contributed by atoms with Gasteiger partial charge in [0.25, 0.3) is 5.91 Å². The monoisotopic (exact) mass is 329 g/mol. The quantitative estimate of drug-likeness (QED) is 0.816. The van der Waals surface area contributed by atoms with E-state index >= 15 is 0 Å². The molecule has 126 valence electrons. The fourth-order valence-corrected chi connectivity index (χ4v) is 2.55. The molecule has 0 spiro atoms. The van der Waals surface area contributed by atoms with Crippen molar-refractivity contribution in [2.45, 2.75) is 19.6 Å². The average molecular weight is 329 g/mol. The molecule has 0 atom stereocenters. The first kappa shape index (κ1) is 16.5. The number of halogens is 1. The van der Waals surface area contributed by atoms with Gasteiger partial charge in [-0.1, -0.05) is 12.1 Å². The zero-order valence-corrected chi connectivity index (χ0v) is 13.6. The van der Waals surface area contributed by atoms with Crippen molar-refractivity contribution in [2.75, 3.05) is 19.7 Å². The van der Waals surface area contributed by atoms with Gasteiger partial charge in [-0.15, -0.1) is 0 Å². The van der Waals surface area contributed by atoms with Gasteiger partial charge in [0.1, 0.15) is 11.6 Å². The summed E-state index contributed by atoms with van der Waals surface area (Å²) in [6.45, 7) is 4.11. The van der Waals surface area contributed by atoms with Crippen LogP contribution in [0.1, 0.15) is 22.8 Å². The van der Waals surface area contributed by atoms with Gasteiger partial charge < -0.3 is 14.4 Å². The van der Waals surface area contributed by atoms with E-state index in [1.54, 1.807) is 41.3 Å². The SMILES string of the molecule is CCOc1ccc(C(=O)N2CC(OCc3ccc(F)cc3)C2)cc1. The van der Waals surface area contributed by atoms with E-state index in [1.165, 1.54) is 12.1 Å². The molecule has 0 saturated carbocycles. The molecule has 3 rings (SSSR count). The molecule has 1 saturated heterocycles. The highest BCUT2D eigenvalue weighted by Gasteiger charge is 2.31. The molecular weight excluding hydrogens is 309 g/mol. The third-order valence-corrected chi connectivity index (χ3v) is 3.95. The average Bonchev–Trinajstić information content (AvgIpc) is 2.56. The zero-order chi connectivity index (χ0) is 16.9. The lowest BCUT2D eigenvalue weighted by atomic mass is 10.1. The summed E-state index contributed by atoms with van der Waals surface area (Å²) in [5.74, 6) is 0.507. The molecule has 2 aromatic carbocycles. The lowest BCUT2D eigenvalue weighted by Crippen LogP contribution is -2.54. The Kier molecular flexibility index (Phi) is 5.11. The van der Waals surface area contributed by atoms with E-state index in [0.29, 0.717) is 31.9 Å². The van der Waals surface area contributed by atoms with Crippen molar-refractivity contribution in [3.05, 3.63) is 65.5 Å². The van der Waals surface area contributed by atoms with Crippen molar-refractivity contribution in [1.29, 1.82) is 0 Å². The second kappa shape index (κ2) is 7.45. The molecule has 24 heavy (non-hydrogen) atoms. The van der Waals surface area contributed by atoms with Crippen LogP contribution in [0.4, 0.5) is 4.39 Å². The summed E-state index contributed by atoms with van der Waals surface area (Å²) in [4.78, 5) is 14.1. The number of rotatable bonds is 6. The molecule has 0 radical (unpaired) electrons. The molecule has 0 aliphatic carbocycles. The van der Waals surface area contributed by atoms with Crippen LogP contribution in [-0.4, -0.2) is 36.6 Å². The predicted molar refractivity (Wildman–Crippen MR) is 88.5 cm³/mol. The number of ether oxygens (including phenoxy) is 2. The summed E-state index contributed by atoms with van der Waals surface area (Å²) < 4.78 is 23.9. The van der Waals surface area contributed by atoms with Crippen molar-refractivity contribution >= 4 is 5.91 Å². The molecular formula is C19H20FNO3. The summed E-state index contributed by atoms with van der Waals surface area (Å²) in [5.41, 5.74) is 1.57. The van der Waals surface area contributed by atoms with Gasteiger partial charge in [0.05, 0.1) is 19.3 Å². The second-order valence-electron chi connectivity index (χ2n) is 5.73. The maximum Gasteiger partial charge on any atom is 0.254 e. The van der Waals surface area contributed by atoms with E-state index in [4.69, 9.17) is 9.47 Å². The van der Waals surface area contributed by atoms with Gasteiger partial charge >= 0.3 is 0 Å². The number of nitrogens with zero attached hydrogens (tertiary/aromatic N) is 1. The van der Waals surface area contributed by atoms with Crippen molar-refractivity contribution in [1.82, 2.24) is 4.90 Å².